The molecule has 0 saturated carbocycles. The second kappa shape index (κ2) is 6.43. The topological polar surface area (TPSA) is 79.6 Å². The zero-order valence-corrected chi connectivity index (χ0v) is 16.3. The molecule has 1 aliphatic heterocycles. The van der Waals surface area contributed by atoms with Gasteiger partial charge in [0.1, 0.15) is 11.5 Å². The molecule has 7 heteroatoms. The molecule has 1 saturated heterocycles. The lowest BCUT2D eigenvalue weighted by Gasteiger charge is -2.36. The summed E-state index contributed by atoms with van der Waals surface area (Å²) < 4.78 is 30.5. The molecule has 1 aromatic heterocycles. The van der Waals surface area contributed by atoms with Gasteiger partial charge in [0.2, 0.25) is 15.9 Å². The molecular formula is C18H28N2O4S. The van der Waals surface area contributed by atoms with E-state index in [-0.39, 0.29) is 23.3 Å². The Labute approximate surface area is 150 Å². The van der Waals surface area contributed by atoms with Gasteiger partial charge in [0, 0.05) is 31.0 Å². The first-order valence-electron chi connectivity index (χ1n) is 8.90. The van der Waals surface area contributed by atoms with Gasteiger partial charge in [0.25, 0.3) is 0 Å². The second-order valence-electron chi connectivity index (χ2n) is 8.28. The van der Waals surface area contributed by atoms with E-state index in [2.05, 4.69) is 19.2 Å². The van der Waals surface area contributed by atoms with Crippen LogP contribution in [0.25, 0.3) is 0 Å². The van der Waals surface area contributed by atoms with Crippen molar-refractivity contribution in [1.82, 2.24) is 9.62 Å². The molecule has 1 aliphatic carbocycles. The first-order valence-corrected chi connectivity index (χ1v) is 10.7. The number of piperidine rings is 1. The van der Waals surface area contributed by atoms with E-state index in [9.17, 15) is 13.2 Å². The van der Waals surface area contributed by atoms with Crippen LogP contribution in [0.3, 0.4) is 0 Å². The number of rotatable bonds is 3. The zero-order chi connectivity index (χ0) is 18.4. The van der Waals surface area contributed by atoms with Gasteiger partial charge in [-0.25, -0.2) is 12.7 Å². The van der Waals surface area contributed by atoms with Crippen LogP contribution < -0.4 is 5.32 Å². The van der Waals surface area contributed by atoms with Crippen molar-refractivity contribution in [3.05, 3.63) is 23.2 Å². The highest BCUT2D eigenvalue weighted by Gasteiger charge is 2.37. The Morgan fingerprint density at radius 1 is 1.32 bits per heavy atom. The van der Waals surface area contributed by atoms with Crippen LogP contribution >= 0.6 is 0 Å². The van der Waals surface area contributed by atoms with Gasteiger partial charge in [0.15, 0.2) is 0 Å². The number of carbonyl (C=O) groups is 1. The molecule has 0 aromatic carbocycles. The lowest BCUT2D eigenvalue weighted by atomic mass is 9.74. The Morgan fingerprint density at radius 2 is 1.96 bits per heavy atom. The maximum Gasteiger partial charge on any atom is 0.223 e. The number of fused-ring (bicyclic) bond motifs is 1. The van der Waals surface area contributed by atoms with Crippen molar-refractivity contribution in [3.63, 3.8) is 0 Å². The summed E-state index contributed by atoms with van der Waals surface area (Å²) in [6.07, 6.45) is 4.14. The molecule has 1 atom stereocenters. The normalized spacial score (nSPS) is 24.7. The number of amides is 1. The molecule has 2 heterocycles. The predicted molar refractivity (Wildman–Crippen MR) is 95.6 cm³/mol. The lowest BCUT2D eigenvalue weighted by Crippen LogP contribution is -2.44. The Bertz CT molecular complexity index is 758. The molecule has 2 aliphatic rings. The predicted octanol–water partition coefficient (Wildman–Crippen LogP) is 2.39. The van der Waals surface area contributed by atoms with E-state index in [4.69, 9.17) is 4.42 Å². The van der Waals surface area contributed by atoms with E-state index >= 15 is 0 Å². The number of nitrogens with zero attached hydrogens (tertiary/aromatic N) is 1. The maximum atomic E-state index is 12.7. The third-order valence-electron chi connectivity index (χ3n) is 5.35. The number of carbonyl (C=O) groups excluding carboxylic acids is 1. The molecule has 1 aromatic rings. The highest BCUT2D eigenvalue weighted by atomic mass is 32.2. The molecule has 0 radical (unpaired) electrons. The smallest absolute Gasteiger partial charge is 0.223 e. The molecule has 140 valence electrons. The number of furan rings is 1. The van der Waals surface area contributed by atoms with Gasteiger partial charge in [0.05, 0.1) is 12.3 Å². The third-order valence-corrected chi connectivity index (χ3v) is 6.65. The summed E-state index contributed by atoms with van der Waals surface area (Å²) in [5.41, 5.74) is 1.17. The minimum absolute atomic E-state index is 0.0284. The summed E-state index contributed by atoms with van der Waals surface area (Å²) in [6.45, 7) is 7.16. The zero-order valence-electron chi connectivity index (χ0n) is 15.5. The average Bonchev–Trinajstić information content (AvgIpc) is 2.85. The van der Waals surface area contributed by atoms with Crippen LogP contribution in [0.5, 0.6) is 0 Å². The van der Waals surface area contributed by atoms with Crippen molar-refractivity contribution in [1.29, 1.82) is 0 Å². The fourth-order valence-electron chi connectivity index (χ4n) is 4.05. The van der Waals surface area contributed by atoms with E-state index in [1.54, 1.807) is 0 Å². The molecule has 1 amide bonds. The van der Waals surface area contributed by atoms with E-state index in [1.807, 2.05) is 13.0 Å². The van der Waals surface area contributed by atoms with Crippen molar-refractivity contribution in [2.45, 2.75) is 52.5 Å². The fourth-order valence-corrected chi connectivity index (χ4v) is 4.93. The van der Waals surface area contributed by atoms with Crippen LogP contribution in [0.1, 0.15) is 56.2 Å². The number of aryl methyl sites for hydroxylation is 1. The van der Waals surface area contributed by atoms with Gasteiger partial charge in [-0.1, -0.05) is 13.8 Å². The summed E-state index contributed by atoms with van der Waals surface area (Å²) in [7, 11) is -3.17. The Hall–Kier alpha value is -1.34. The van der Waals surface area contributed by atoms with Gasteiger partial charge < -0.3 is 9.73 Å². The van der Waals surface area contributed by atoms with Gasteiger partial charge >= 0.3 is 0 Å². The number of hydrogen-bond acceptors (Lipinski definition) is 4. The third kappa shape index (κ3) is 4.08. The molecule has 25 heavy (non-hydrogen) atoms. The summed E-state index contributed by atoms with van der Waals surface area (Å²) >= 11 is 0. The maximum absolute atomic E-state index is 12.7. The van der Waals surface area contributed by atoms with Crippen molar-refractivity contribution < 1.29 is 17.6 Å². The first-order chi connectivity index (χ1) is 11.5. The second-order valence-corrected chi connectivity index (χ2v) is 10.3. The molecule has 1 N–H and O–H groups in total. The van der Waals surface area contributed by atoms with E-state index < -0.39 is 10.0 Å². The van der Waals surface area contributed by atoms with Crippen LogP contribution in [0, 0.1) is 18.3 Å². The molecular weight excluding hydrogens is 340 g/mol. The highest BCUT2D eigenvalue weighted by molar-refractivity contribution is 7.88. The summed E-state index contributed by atoms with van der Waals surface area (Å²) in [4.78, 5) is 12.7. The van der Waals surface area contributed by atoms with Crippen LogP contribution in [0.15, 0.2) is 10.5 Å². The Morgan fingerprint density at radius 3 is 2.56 bits per heavy atom. The van der Waals surface area contributed by atoms with Crippen LogP contribution in [-0.2, 0) is 21.2 Å². The number of nitrogens with one attached hydrogen (secondary N) is 1. The monoisotopic (exact) mass is 368 g/mol. The van der Waals surface area contributed by atoms with E-state index in [0.717, 1.165) is 29.9 Å². The SMILES string of the molecule is Cc1cc2c(o1)CC(C)(C)CC2NC(=O)C1CCN(S(C)(=O)=O)CC1. The molecule has 1 unspecified atom stereocenters. The summed E-state index contributed by atoms with van der Waals surface area (Å²) in [6, 6.07) is 2.00. The molecule has 0 spiro atoms. The standard InChI is InChI=1S/C18H28N2O4S/c1-12-9-14-15(10-18(2,3)11-16(14)24-12)19-17(21)13-5-7-20(8-6-13)25(4,22)23/h9,13,15H,5-8,10-11H2,1-4H3,(H,19,21). The highest BCUT2D eigenvalue weighted by Crippen LogP contribution is 2.42. The van der Waals surface area contributed by atoms with Crippen LogP contribution in [-0.4, -0.2) is 38.0 Å². The minimum atomic E-state index is -3.17. The summed E-state index contributed by atoms with van der Waals surface area (Å²) in [5, 5.41) is 3.20. The molecule has 1 fully saturated rings. The summed E-state index contributed by atoms with van der Waals surface area (Å²) in [5.74, 6) is 1.76. The largest absolute Gasteiger partial charge is 0.466 e. The van der Waals surface area contributed by atoms with Gasteiger partial charge in [-0.3, -0.25) is 4.79 Å². The van der Waals surface area contributed by atoms with E-state index in [0.29, 0.717) is 25.9 Å². The van der Waals surface area contributed by atoms with Crippen molar-refractivity contribution in [3.8, 4) is 0 Å². The number of sulfonamides is 1. The Balaban J connectivity index is 1.67. The van der Waals surface area contributed by atoms with Crippen LogP contribution in [0.2, 0.25) is 0 Å². The van der Waals surface area contributed by atoms with Crippen molar-refractivity contribution in [2.24, 2.45) is 11.3 Å². The quantitative estimate of drug-likeness (QED) is 0.888. The molecule has 3 rings (SSSR count). The minimum Gasteiger partial charge on any atom is -0.466 e. The van der Waals surface area contributed by atoms with Crippen molar-refractivity contribution >= 4 is 15.9 Å². The molecule has 6 nitrogen and oxygen atoms in total. The first kappa shape index (κ1) is 18.5. The van der Waals surface area contributed by atoms with E-state index in [1.165, 1.54) is 10.6 Å². The van der Waals surface area contributed by atoms with Gasteiger partial charge in [-0.2, -0.15) is 0 Å². The average molecular weight is 368 g/mol. The van der Waals surface area contributed by atoms with Gasteiger partial charge in [-0.15, -0.1) is 0 Å². The number of hydrogen-bond donors (Lipinski definition) is 1. The Kier molecular flexibility index (Phi) is 4.75. The van der Waals surface area contributed by atoms with Crippen molar-refractivity contribution in [2.75, 3.05) is 19.3 Å². The fraction of sp³-hybridized carbons (Fsp3) is 0.722. The van der Waals surface area contributed by atoms with Gasteiger partial charge in [-0.05, 0) is 37.7 Å². The van der Waals surface area contributed by atoms with Crippen LogP contribution in [0.4, 0.5) is 0 Å². The molecule has 0 bridgehead atoms. The lowest BCUT2D eigenvalue weighted by molar-refractivity contribution is -0.127.